The number of amides is 2. The van der Waals surface area contributed by atoms with Crippen LogP contribution in [-0.2, 0) is 33.3 Å². The van der Waals surface area contributed by atoms with Crippen LogP contribution in [0, 0.1) is 34.9 Å². The molecule has 14 nitrogen and oxygen atoms in total. The smallest absolute Gasteiger partial charge is 0.255 e. The van der Waals surface area contributed by atoms with Crippen molar-refractivity contribution in [1.82, 2.24) is 29.7 Å². The summed E-state index contributed by atoms with van der Waals surface area (Å²) >= 11 is 15.6. The SMILES string of the molecule is CC1(C)C(=O)Nc2nc(-n3nc(Cc4c(F)ccc(F)c4F)c4cc(Cl)ccc43)nc(N)c21.CC1(C)C(=O)Nc2nc(N/N=C(/Cc3c(F)ccc(F)c3F)c3cc(Cl)ccc3Br)nc(N)c21. The van der Waals surface area contributed by atoms with Gasteiger partial charge >= 0.3 is 0 Å². The number of carbonyl (C=O) groups excluding carboxylic acids is 2. The molecule has 0 saturated heterocycles. The van der Waals surface area contributed by atoms with E-state index in [9.17, 15) is 35.9 Å². The van der Waals surface area contributed by atoms with Crippen LogP contribution >= 0.6 is 39.1 Å². The van der Waals surface area contributed by atoms with Gasteiger partial charge in [0.1, 0.15) is 34.9 Å². The van der Waals surface area contributed by atoms with Crippen molar-refractivity contribution in [2.24, 2.45) is 5.10 Å². The predicted molar refractivity (Wildman–Crippen MR) is 244 cm³/mol. The maximum Gasteiger partial charge on any atom is 0.255 e. The highest BCUT2D eigenvalue weighted by Crippen LogP contribution is 2.41. The van der Waals surface area contributed by atoms with Crippen molar-refractivity contribution >= 4 is 96.8 Å². The van der Waals surface area contributed by atoms with Crippen LogP contribution in [0.25, 0.3) is 16.9 Å². The molecule has 0 saturated carbocycles. The molecule has 7 aromatic rings. The number of nitrogens with two attached hydrogens (primary N) is 2. The first-order valence-electron chi connectivity index (χ1n) is 19.8. The first-order chi connectivity index (χ1) is 31.6. The lowest BCUT2D eigenvalue weighted by molar-refractivity contribution is -0.120. The molecule has 2 aliphatic rings. The number of fused-ring (bicyclic) bond motifs is 3. The molecule has 0 aliphatic carbocycles. The zero-order valence-corrected chi connectivity index (χ0v) is 38.3. The molecule has 0 unspecified atom stereocenters. The average molecular weight is 1030 g/mol. The van der Waals surface area contributed by atoms with Gasteiger partial charge in [-0.25, -0.2) is 31.8 Å². The van der Waals surface area contributed by atoms with Crippen LogP contribution < -0.4 is 27.5 Å². The molecule has 7 N–H and O–H groups in total. The van der Waals surface area contributed by atoms with Gasteiger partial charge in [0, 0.05) is 49.4 Å². The number of nitrogens with zero attached hydrogens (tertiary/aromatic N) is 7. The Bertz CT molecular complexity index is 3280. The molecule has 5 heterocycles. The summed E-state index contributed by atoms with van der Waals surface area (Å²) in [5.41, 5.74) is 14.1. The van der Waals surface area contributed by atoms with E-state index < -0.39 is 63.3 Å². The summed E-state index contributed by atoms with van der Waals surface area (Å²) in [5, 5.41) is 15.2. The number of carbonyl (C=O) groups is 2. The number of hydrogen-bond acceptors (Lipinski definition) is 11. The maximum atomic E-state index is 14.4. The van der Waals surface area contributed by atoms with Crippen molar-refractivity contribution < 1.29 is 35.9 Å². The molecular formula is C44H33BrCl2F6N12O2. The fraction of sp³-hybridized carbons (Fsp3) is 0.182. The van der Waals surface area contributed by atoms with Gasteiger partial charge in [-0.3, -0.25) is 9.59 Å². The van der Waals surface area contributed by atoms with Crippen LogP contribution in [0.1, 0.15) is 61.2 Å². The molecule has 2 amide bonds. The van der Waals surface area contributed by atoms with Gasteiger partial charge in [-0.15, -0.1) is 0 Å². The van der Waals surface area contributed by atoms with E-state index in [1.807, 2.05) is 0 Å². The van der Waals surface area contributed by atoms with Crippen LogP contribution in [0.4, 0.5) is 55.6 Å². The van der Waals surface area contributed by atoms with Crippen molar-refractivity contribution in [2.45, 2.75) is 51.4 Å². The Hall–Kier alpha value is -6.84. The highest BCUT2D eigenvalue weighted by Gasteiger charge is 2.43. The molecule has 0 radical (unpaired) electrons. The number of halogens is 9. The molecule has 0 spiro atoms. The first kappa shape index (κ1) is 46.7. The number of aromatic nitrogens is 6. The van der Waals surface area contributed by atoms with E-state index in [-0.39, 0.29) is 64.8 Å². The third-order valence-corrected chi connectivity index (χ3v) is 12.3. The summed E-state index contributed by atoms with van der Waals surface area (Å²) in [6.45, 7) is 6.80. The molecule has 4 aromatic carbocycles. The second-order valence-corrected chi connectivity index (χ2v) is 18.0. The lowest BCUT2D eigenvalue weighted by atomic mass is 9.87. The van der Waals surface area contributed by atoms with Crippen molar-refractivity contribution in [2.75, 3.05) is 27.5 Å². The van der Waals surface area contributed by atoms with Gasteiger partial charge in [-0.05, 0) is 88.4 Å². The fourth-order valence-corrected chi connectivity index (χ4v) is 8.34. The Morgan fingerprint density at radius 3 is 1.91 bits per heavy atom. The first-order valence-corrected chi connectivity index (χ1v) is 21.3. The Morgan fingerprint density at radius 2 is 1.27 bits per heavy atom. The molecular weight excluding hydrogens is 993 g/mol. The number of anilines is 5. The Morgan fingerprint density at radius 1 is 0.731 bits per heavy atom. The van der Waals surface area contributed by atoms with E-state index in [0.29, 0.717) is 48.2 Å². The third kappa shape index (κ3) is 8.57. The lowest BCUT2D eigenvalue weighted by Gasteiger charge is -2.16. The van der Waals surface area contributed by atoms with E-state index in [1.165, 1.54) is 10.7 Å². The molecule has 344 valence electrons. The topological polar surface area (TPSA) is 204 Å². The van der Waals surface area contributed by atoms with E-state index in [2.05, 4.69) is 62.1 Å². The van der Waals surface area contributed by atoms with Crippen LogP contribution in [0.15, 0.2) is 70.2 Å². The van der Waals surface area contributed by atoms with E-state index in [0.717, 1.165) is 18.2 Å². The molecule has 2 aliphatic heterocycles. The van der Waals surface area contributed by atoms with Gasteiger partial charge in [0.05, 0.1) is 38.9 Å². The molecule has 0 atom stereocenters. The summed E-state index contributed by atoms with van der Waals surface area (Å²) in [6.07, 6.45) is -0.769. The molecule has 0 fully saturated rings. The van der Waals surface area contributed by atoms with E-state index >= 15 is 0 Å². The van der Waals surface area contributed by atoms with Gasteiger partial charge < -0.3 is 22.1 Å². The van der Waals surface area contributed by atoms with Crippen LogP contribution in [-0.4, -0.2) is 47.2 Å². The van der Waals surface area contributed by atoms with Crippen molar-refractivity contribution in [1.29, 1.82) is 0 Å². The Balaban J connectivity index is 0.000000182. The van der Waals surface area contributed by atoms with Gasteiger partial charge in [0.25, 0.3) is 5.95 Å². The molecule has 3 aromatic heterocycles. The largest absolute Gasteiger partial charge is 0.383 e. The second kappa shape index (κ2) is 17.4. The summed E-state index contributed by atoms with van der Waals surface area (Å²) in [7, 11) is 0. The standard InChI is InChI=1S/C22H17BrClF3N6O.C22H16ClF3N6O/c1-22(2)16-18(28)29-21(31-19(16)30-20(22)34)33-32-15(10-7-9(24)3-4-12(10)23)8-11-13(25)5-6-14(26)17(11)27;1-22(2)16-18(27)28-21(30-19(16)29-20(22)33)32-15-6-3-9(23)7-11(15)14(31-32)8-10-12(24)4-5-13(25)17(10)26/h3-7H,8H2,1-2H3,(H4,28,29,30,31,33,34);3-7H,8H2,1-2H3,(H3,27,28,29,30,33)/b32-15-;. The number of rotatable bonds is 8. The van der Waals surface area contributed by atoms with Crippen LogP contribution in [0.5, 0.6) is 0 Å². The van der Waals surface area contributed by atoms with Crippen molar-refractivity contribution in [3.63, 3.8) is 0 Å². The second-order valence-electron chi connectivity index (χ2n) is 16.3. The van der Waals surface area contributed by atoms with Crippen LogP contribution in [0.3, 0.4) is 0 Å². The number of hydrogen-bond donors (Lipinski definition) is 5. The number of nitrogens with one attached hydrogen (secondary N) is 3. The average Bonchev–Trinajstić information content (AvgIpc) is 3.83. The van der Waals surface area contributed by atoms with Crippen LogP contribution in [0.2, 0.25) is 10.0 Å². The Labute approximate surface area is 394 Å². The number of hydrazone groups is 1. The van der Waals surface area contributed by atoms with E-state index in [4.69, 9.17) is 34.7 Å². The number of nitrogen functional groups attached to an aromatic ring is 2. The highest BCUT2D eigenvalue weighted by molar-refractivity contribution is 9.10. The van der Waals surface area contributed by atoms with Gasteiger partial charge in [-0.1, -0.05) is 39.1 Å². The molecule has 9 rings (SSSR count). The van der Waals surface area contributed by atoms with Gasteiger partial charge in [0.2, 0.25) is 17.8 Å². The fourth-order valence-electron chi connectivity index (χ4n) is 7.52. The summed E-state index contributed by atoms with van der Waals surface area (Å²) in [4.78, 5) is 41.7. The third-order valence-electron chi connectivity index (χ3n) is 11.1. The van der Waals surface area contributed by atoms with Crippen molar-refractivity contribution in [3.05, 3.63) is 144 Å². The Kier molecular flexibility index (Phi) is 12.1. The molecule has 67 heavy (non-hydrogen) atoms. The minimum Gasteiger partial charge on any atom is -0.383 e. The zero-order chi connectivity index (χ0) is 48.4. The normalized spacial score (nSPS) is 14.6. The van der Waals surface area contributed by atoms with Gasteiger partial charge in [0.15, 0.2) is 23.3 Å². The quantitative estimate of drug-likeness (QED) is 0.0422. The monoisotopic (exact) mass is 1020 g/mol. The van der Waals surface area contributed by atoms with Crippen molar-refractivity contribution in [3.8, 4) is 5.95 Å². The molecule has 23 heteroatoms. The minimum atomic E-state index is -1.33. The van der Waals surface area contributed by atoms with E-state index in [1.54, 1.807) is 58.0 Å². The summed E-state index contributed by atoms with van der Waals surface area (Å²) in [5.74, 6) is -6.74. The molecule has 0 bridgehead atoms. The zero-order valence-electron chi connectivity index (χ0n) is 35.2. The number of benzene rings is 4. The maximum absolute atomic E-state index is 14.4. The van der Waals surface area contributed by atoms with Gasteiger partial charge in [-0.2, -0.15) is 34.8 Å². The highest BCUT2D eigenvalue weighted by atomic mass is 79.9. The summed E-state index contributed by atoms with van der Waals surface area (Å²) < 4.78 is 86.7. The predicted octanol–water partition coefficient (Wildman–Crippen LogP) is 9.47. The minimum absolute atomic E-state index is 0.0445. The lowest BCUT2D eigenvalue weighted by Crippen LogP contribution is -2.27. The summed E-state index contributed by atoms with van der Waals surface area (Å²) in [6, 6.07) is 12.7.